The molecule has 0 spiro atoms. The Kier molecular flexibility index (Phi) is 4.57. The van der Waals surface area contributed by atoms with Gasteiger partial charge in [0.1, 0.15) is 12.1 Å². The zero-order chi connectivity index (χ0) is 18.8. The molecular weight excluding hydrogens is 362 g/mol. The van der Waals surface area contributed by atoms with Crippen LogP contribution >= 0.6 is 11.3 Å². The molecular formula is C19H17N5O2S. The highest BCUT2D eigenvalue weighted by Gasteiger charge is 2.11. The normalized spacial score (nSPS) is 11.0. The molecule has 0 aliphatic carbocycles. The predicted octanol–water partition coefficient (Wildman–Crippen LogP) is 3.21. The number of thiophene rings is 1. The summed E-state index contributed by atoms with van der Waals surface area (Å²) in [5, 5.41) is 15.1. The number of nitrogens with zero attached hydrogens (tertiary/aromatic N) is 2. The first-order valence-corrected chi connectivity index (χ1v) is 9.16. The van der Waals surface area contributed by atoms with Gasteiger partial charge in [0.05, 0.1) is 16.8 Å². The van der Waals surface area contributed by atoms with Gasteiger partial charge in [-0.3, -0.25) is 0 Å². The van der Waals surface area contributed by atoms with E-state index in [1.807, 2.05) is 36.4 Å². The highest BCUT2D eigenvalue weighted by molar-refractivity contribution is 7.26. The number of carbonyl (C=O) groups is 1. The number of aliphatic hydroxyl groups is 1. The van der Waals surface area contributed by atoms with Gasteiger partial charge in [0.25, 0.3) is 0 Å². The van der Waals surface area contributed by atoms with Crippen LogP contribution in [-0.2, 0) is 0 Å². The molecule has 2 amide bonds. The molecule has 2 aromatic carbocycles. The van der Waals surface area contributed by atoms with E-state index in [4.69, 9.17) is 10.8 Å². The van der Waals surface area contributed by atoms with E-state index >= 15 is 0 Å². The van der Waals surface area contributed by atoms with Crippen LogP contribution in [0.4, 0.5) is 16.3 Å². The van der Waals surface area contributed by atoms with Gasteiger partial charge in [-0.2, -0.15) is 0 Å². The van der Waals surface area contributed by atoms with Gasteiger partial charge in [-0.15, -0.1) is 11.3 Å². The Bertz CT molecular complexity index is 1140. The van der Waals surface area contributed by atoms with Crippen LogP contribution < -0.4 is 16.4 Å². The van der Waals surface area contributed by atoms with Crippen molar-refractivity contribution in [2.75, 3.05) is 24.2 Å². The van der Waals surface area contributed by atoms with Gasteiger partial charge < -0.3 is 21.5 Å². The molecule has 2 heterocycles. The molecule has 2 aromatic heterocycles. The first kappa shape index (κ1) is 17.2. The Balaban J connectivity index is 1.68. The maximum atomic E-state index is 11.8. The number of nitrogens with two attached hydrogens (primary N) is 1. The van der Waals surface area contributed by atoms with Crippen molar-refractivity contribution in [2.24, 2.45) is 0 Å². The Morgan fingerprint density at radius 2 is 2.00 bits per heavy atom. The molecule has 8 heteroatoms. The largest absolute Gasteiger partial charge is 0.395 e. The monoisotopic (exact) mass is 379 g/mol. The van der Waals surface area contributed by atoms with Crippen LogP contribution in [0.15, 0.2) is 48.8 Å². The zero-order valence-electron chi connectivity index (χ0n) is 14.3. The van der Waals surface area contributed by atoms with Gasteiger partial charge in [-0.25, -0.2) is 14.8 Å². The number of carbonyl (C=O) groups excluding carboxylic acids is 1. The number of aromatic nitrogens is 2. The van der Waals surface area contributed by atoms with Gasteiger partial charge >= 0.3 is 6.03 Å². The fourth-order valence-corrected chi connectivity index (χ4v) is 3.99. The van der Waals surface area contributed by atoms with Crippen LogP contribution in [0.1, 0.15) is 0 Å². The van der Waals surface area contributed by atoms with E-state index < -0.39 is 0 Å². The van der Waals surface area contributed by atoms with Crippen molar-refractivity contribution in [3.05, 3.63) is 48.8 Å². The Labute approximate surface area is 158 Å². The highest BCUT2D eigenvalue weighted by Crippen LogP contribution is 2.37. The molecule has 4 rings (SSSR count). The lowest BCUT2D eigenvalue weighted by Crippen LogP contribution is -2.30. The van der Waals surface area contributed by atoms with Gasteiger partial charge in [0.2, 0.25) is 0 Å². The van der Waals surface area contributed by atoms with Crippen molar-refractivity contribution in [2.45, 2.75) is 0 Å². The molecule has 0 saturated carbocycles. The number of benzene rings is 2. The van der Waals surface area contributed by atoms with Crippen LogP contribution in [0.5, 0.6) is 0 Å². The van der Waals surface area contributed by atoms with Crippen molar-refractivity contribution in [3.63, 3.8) is 0 Å². The second-order valence-electron chi connectivity index (χ2n) is 5.93. The summed E-state index contributed by atoms with van der Waals surface area (Å²) >= 11 is 1.57. The number of aliphatic hydroxyl groups excluding tert-OH is 1. The molecule has 0 saturated heterocycles. The quantitative estimate of drug-likeness (QED) is 0.435. The Hall–Kier alpha value is -3.23. The topological polar surface area (TPSA) is 113 Å². The molecule has 7 nitrogen and oxygen atoms in total. The predicted molar refractivity (Wildman–Crippen MR) is 109 cm³/mol. The second-order valence-corrected chi connectivity index (χ2v) is 6.99. The summed E-state index contributed by atoms with van der Waals surface area (Å²) in [4.78, 5) is 20.2. The lowest BCUT2D eigenvalue weighted by Gasteiger charge is -2.08. The first-order chi connectivity index (χ1) is 13.2. The van der Waals surface area contributed by atoms with E-state index in [9.17, 15) is 4.79 Å². The summed E-state index contributed by atoms with van der Waals surface area (Å²) < 4.78 is 1.97. The number of hydrogen-bond acceptors (Lipinski definition) is 6. The third-order valence-electron chi connectivity index (χ3n) is 4.13. The molecule has 27 heavy (non-hydrogen) atoms. The molecule has 136 valence electrons. The average Bonchev–Trinajstić information content (AvgIpc) is 3.06. The minimum Gasteiger partial charge on any atom is -0.395 e. The third-order valence-corrected chi connectivity index (χ3v) is 5.30. The average molecular weight is 379 g/mol. The lowest BCUT2D eigenvalue weighted by atomic mass is 10.0. The van der Waals surface area contributed by atoms with Gasteiger partial charge in [-0.05, 0) is 29.3 Å². The number of nitrogens with one attached hydrogen (secondary N) is 2. The SMILES string of the molecule is Nc1ncnc2c1sc1cc(-c3cccc(NC(=O)NCCO)c3)ccc12. The smallest absolute Gasteiger partial charge is 0.319 e. The zero-order valence-corrected chi connectivity index (χ0v) is 15.1. The van der Waals surface area contributed by atoms with E-state index in [0.717, 1.165) is 31.4 Å². The molecule has 5 N–H and O–H groups in total. The number of anilines is 2. The summed E-state index contributed by atoms with van der Waals surface area (Å²) in [5.41, 5.74) is 9.52. The number of nitrogen functional groups attached to an aromatic ring is 1. The van der Waals surface area contributed by atoms with E-state index in [1.165, 1.54) is 6.33 Å². The van der Waals surface area contributed by atoms with E-state index in [2.05, 4.69) is 26.7 Å². The third kappa shape index (κ3) is 3.40. The molecule has 0 radical (unpaired) electrons. The maximum Gasteiger partial charge on any atom is 0.319 e. The summed E-state index contributed by atoms with van der Waals surface area (Å²) in [7, 11) is 0. The lowest BCUT2D eigenvalue weighted by molar-refractivity contribution is 0.245. The van der Waals surface area contributed by atoms with E-state index in [1.54, 1.807) is 11.3 Å². The summed E-state index contributed by atoms with van der Waals surface area (Å²) in [6.07, 6.45) is 1.48. The van der Waals surface area contributed by atoms with Crippen molar-refractivity contribution in [3.8, 4) is 11.1 Å². The van der Waals surface area contributed by atoms with Crippen molar-refractivity contribution in [1.29, 1.82) is 0 Å². The van der Waals surface area contributed by atoms with Gasteiger partial charge in [-0.1, -0.05) is 24.3 Å². The molecule has 0 atom stereocenters. The highest BCUT2D eigenvalue weighted by atomic mass is 32.1. The standard InChI is InChI=1S/C19H17N5O2S/c20-18-17-16(22-10-23-18)14-5-4-12(9-15(14)27-17)11-2-1-3-13(8-11)24-19(26)21-6-7-25/h1-5,8-10,25H,6-7H2,(H2,20,22,23)(H2,21,24,26). The number of urea groups is 1. The Morgan fingerprint density at radius 3 is 2.85 bits per heavy atom. The van der Waals surface area contributed by atoms with E-state index in [0.29, 0.717) is 11.5 Å². The minimum absolute atomic E-state index is 0.0997. The molecule has 4 aromatic rings. The number of hydrogen-bond donors (Lipinski definition) is 4. The summed E-state index contributed by atoms with van der Waals surface area (Å²) in [6, 6.07) is 13.4. The molecule has 0 fully saturated rings. The maximum absolute atomic E-state index is 11.8. The summed E-state index contributed by atoms with van der Waals surface area (Å²) in [6.45, 7) is 0.109. The van der Waals surface area contributed by atoms with Crippen molar-refractivity contribution < 1.29 is 9.90 Å². The first-order valence-electron chi connectivity index (χ1n) is 8.34. The summed E-state index contributed by atoms with van der Waals surface area (Å²) in [5.74, 6) is 0.489. The number of rotatable bonds is 4. The van der Waals surface area contributed by atoms with Crippen molar-refractivity contribution in [1.82, 2.24) is 15.3 Å². The van der Waals surface area contributed by atoms with Crippen LogP contribution in [0.25, 0.3) is 31.4 Å². The molecule has 0 aliphatic heterocycles. The minimum atomic E-state index is -0.352. The number of amides is 2. The van der Waals surface area contributed by atoms with Gasteiger partial charge in [0, 0.05) is 22.3 Å². The van der Waals surface area contributed by atoms with Gasteiger partial charge in [0.15, 0.2) is 0 Å². The molecule has 0 unspecified atom stereocenters. The number of fused-ring (bicyclic) bond motifs is 3. The van der Waals surface area contributed by atoms with Crippen LogP contribution in [-0.4, -0.2) is 34.3 Å². The van der Waals surface area contributed by atoms with E-state index in [-0.39, 0.29) is 19.2 Å². The fourth-order valence-electron chi connectivity index (χ4n) is 2.89. The van der Waals surface area contributed by atoms with Crippen LogP contribution in [0, 0.1) is 0 Å². The van der Waals surface area contributed by atoms with Crippen molar-refractivity contribution >= 4 is 49.2 Å². The second kappa shape index (κ2) is 7.18. The molecule has 0 bridgehead atoms. The van der Waals surface area contributed by atoms with Crippen LogP contribution in [0.2, 0.25) is 0 Å². The molecule has 0 aliphatic rings. The fraction of sp³-hybridized carbons (Fsp3) is 0.105. The Morgan fingerprint density at radius 1 is 1.15 bits per heavy atom. The van der Waals surface area contributed by atoms with Crippen LogP contribution in [0.3, 0.4) is 0 Å².